The Balaban J connectivity index is 1.97. The molecule has 5 nitrogen and oxygen atoms in total. The number of benzene rings is 1. The van der Waals surface area contributed by atoms with E-state index >= 15 is 0 Å². The van der Waals surface area contributed by atoms with Gasteiger partial charge in [-0.15, -0.1) is 11.3 Å². The molecule has 0 fully saturated rings. The summed E-state index contributed by atoms with van der Waals surface area (Å²) in [4.78, 5) is 19.9. The summed E-state index contributed by atoms with van der Waals surface area (Å²) in [5.41, 5.74) is 1.99. The Hall–Kier alpha value is -2.21. The molecule has 0 aliphatic rings. The van der Waals surface area contributed by atoms with Gasteiger partial charge in [-0.25, -0.2) is 14.8 Å². The van der Waals surface area contributed by atoms with Crippen molar-refractivity contribution in [2.75, 3.05) is 0 Å². The summed E-state index contributed by atoms with van der Waals surface area (Å²) in [5.74, 6) is 0.0522. The number of imidazole rings is 1. The standard InChI is InChI=1S/C15H15N3O2S/c1-2-13-17-11-9-10(15(19)20)3-4-12(11)18(13)7-5-14-16-6-8-21-14/h3-4,6,8-9H,2,5,7H2,1H3,(H,19,20). The molecular weight excluding hydrogens is 286 g/mol. The number of aryl methyl sites for hydroxylation is 3. The number of rotatable bonds is 5. The number of thiazole rings is 1. The molecule has 0 bridgehead atoms. The summed E-state index contributed by atoms with van der Waals surface area (Å²) in [6, 6.07) is 5.11. The number of fused-ring (bicyclic) bond motifs is 1. The lowest BCUT2D eigenvalue weighted by Gasteiger charge is -2.06. The molecule has 2 aromatic heterocycles. The zero-order valence-electron chi connectivity index (χ0n) is 11.6. The van der Waals surface area contributed by atoms with E-state index in [2.05, 4.69) is 21.5 Å². The fourth-order valence-corrected chi connectivity index (χ4v) is 3.03. The summed E-state index contributed by atoms with van der Waals surface area (Å²) in [7, 11) is 0. The number of carboxylic acid groups (broad SMARTS) is 1. The highest BCUT2D eigenvalue weighted by molar-refractivity contribution is 7.09. The van der Waals surface area contributed by atoms with Gasteiger partial charge in [-0.2, -0.15) is 0 Å². The van der Waals surface area contributed by atoms with Crippen molar-refractivity contribution in [2.45, 2.75) is 26.3 Å². The summed E-state index contributed by atoms with van der Waals surface area (Å²) >= 11 is 1.65. The maximum Gasteiger partial charge on any atom is 0.335 e. The molecule has 6 heteroatoms. The van der Waals surface area contributed by atoms with Gasteiger partial charge in [0.15, 0.2) is 0 Å². The van der Waals surface area contributed by atoms with E-state index in [1.165, 1.54) is 0 Å². The summed E-state index contributed by atoms with van der Waals surface area (Å²) in [6.07, 6.45) is 3.48. The third kappa shape index (κ3) is 2.67. The van der Waals surface area contributed by atoms with Crippen LogP contribution in [0.2, 0.25) is 0 Å². The van der Waals surface area contributed by atoms with Crippen molar-refractivity contribution in [3.8, 4) is 0 Å². The Morgan fingerprint density at radius 1 is 1.43 bits per heavy atom. The van der Waals surface area contributed by atoms with E-state index in [4.69, 9.17) is 5.11 Å². The van der Waals surface area contributed by atoms with Gasteiger partial charge >= 0.3 is 5.97 Å². The first-order valence-electron chi connectivity index (χ1n) is 6.80. The molecule has 0 aliphatic heterocycles. The van der Waals surface area contributed by atoms with Gasteiger partial charge < -0.3 is 9.67 Å². The molecule has 3 aromatic rings. The predicted molar refractivity (Wildman–Crippen MR) is 81.9 cm³/mol. The minimum atomic E-state index is -0.924. The van der Waals surface area contributed by atoms with Crippen molar-refractivity contribution in [3.05, 3.63) is 46.2 Å². The SMILES string of the molecule is CCc1nc2cc(C(=O)O)ccc2n1CCc1nccs1. The van der Waals surface area contributed by atoms with Crippen LogP contribution in [0.25, 0.3) is 11.0 Å². The number of hydrogen-bond acceptors (Lipinski definition) is 4. The van der Waals surface area contributed by atoms with Crippen molar-refractivity contribution < 1.29 is 9.90 Å². The maximum absolute atomic E-state index is 11.0. The lowest BCUT2D eigenvalue weighted by molar-refractivity contribution is 0.0697. The Kier molecular flexibility index (Phi) is 3.70. The second-order valence-electron chi connectivity index (χ2n) is 4.72. The quantitative estimate of drug-likeness (QED) is 0.786. The second kappa shape index (κ2) is 5.65. The van der Waals surface area contributed by atoms with Crippen LogP contribution in [-0.2, 0) is 19.4 Å². The third-order valence-corrected chi connectivity index (χ3v) is 4.26. The molecule has 0 unspecified atom stereocenters. The van der Waals surface area contributed by atoms with Gasteiger partial charge in [-0.1, -0.05) is 6.92 Å². The van der Waals surface area contributed by atoms with Gasteiger partial charge in [0.05, 0.1) is 21.6 Å². The van der Waals surface area contributed by atoms with Crippen LogP contribution in [0.15, 0.2) is 29.8 Å². The van der Waals surface area contributed by atoms with E-state index in [1.54, 1.807) is 23.5 Å². The van der Waals surface area contributed by atoms with E-state index < -0.39 is 5.97 Å². The Labute approximate surface area is 125 Å². The number of carbonyl (C=O) groups is 1. The Bertz CT molecular complexity index is 778. The van der Waals surface area contributed by atoms with Crippen molar-refractivity contribution in [1.29, 1.82) is 0 Å². The second-order valence-corrected chi connectivity index (χ2v) is 5.70. The lowest BCUT2D eigenvalue weighted by Crippen LogP contribution is -2.05. The van der Waals surface area contributed by atoms with E-state index in [1.807, 2.05) is 17.6 Å². The largest absolute Gasteiger partial charge is 0.478 e. The fraction of sp³-hybridized carbons (Fsp3) is 0.267. The normalized spacial score (nSPS) is 11.1. The van der Waals surface area contributed by atoms with E-state index in [-0.39, 0.29) is 5.56 Å². The Morgan fingerprint density at radius 3 is 2.95 bits per heavy atom. The fourth-order valence-electron chi connectivity index (χ4n) is 2.42. The van der Waals surface area contributed by atoms with Gasteiger partial charge in [0.25, 0.3) is 0 Å². The zero-order chi connectivity index (χ0) is 14.8. The van der Waals surface area contributed by atoms with Crippen LogP contribution >= 0.6 is 11.3 Å². The van der Waals surface area contributed by atoms with Crippen LogP contribution in [0.1, 0.15) is 28.1 Å². The monoisotopic (exact) mass is 301 g/mol. The van der Waals surface area contributed by atoms with Crippen LogP contribution in [0.5, 0.6) is 0 Å². The molecule has 0 radical (unpaired) electrons. The average molecular weight is 301 g/mol. The van der Waals surface area contributed by atoms with Gasteiger partial charge in [0.1, 0.15) is 5.82 Å². The average Bonchev–Trinajstić information content (AvgIpc) is 3.11. The molecule has 108 valence electrons. The summed E-state index contributed by atoms with van der Waals surface area (Å²) in [6.45, 7) is 2.86. The Morgan fingerprint density at radius 2 is 2.29 bits per heavy atom. The molecule has 3 rings (SSSR count). The molecule has 0 saturated heterocycles. The molecule has 0 amide bonds. The number of hydrogen-bond donors (Lipinski definition) is 1. The van der Waals surface area contributed by atoms with Crippen molar-refractivity contribution >= 4 is 28.3 Å². The molecule has 2 heterocycles. The van der Waals surface area contributed by atoms with Crippen LogP contribution in [0.4, 0.5) is 0 Å². The maximum atomic E-state index is 11.0. The number of aromatic nitrogens is 3. The van der Waals surface area contributed by atoms with Crippen molar-refractivity contribution in [2.24, 2.45) is 0 Å². The molecule has 0 atom stereocenters. The van der Waals surface area contributed by atoms with Crippen LogP contribution < -0.4 is 0 Å². The minimum Gasteiger partial charge on any atom is -0.478 e. The molecule has 0 saturated carbocycles. The first kappa shape index (κ1) is 13.8. The molecule has 1 N–H and O–H groups in total. The van der Waals surface area contributed by atoms with E-state index in [0.717, 1.165) is 41.3 Å². The zero-order valence-corrected chi connectivity index (χ0v) is 12.4. The highest BCUT2D eigenvalue weighted by Crippen LogP contribution is 2.20. The predicted octanol–water partition coefficient (Wildman–Crippen LogP) is 3.00. The molecular formula is C15H15N3O2S. The number of carboxylic acids is 1. The first-order valence-corrected chi connectivity index (χ1v) is 7.68. The number of nitrogens with zero attached hydrogens (tertiary/aromatic N) is 3. The van der Waals surface area contributed by atoms with Crippen LogP contribution in [-0.4, -0.2) is 25.6 Å². The topological polar surface area (TPSA) is 68.0 Å². The summed E-state index contributed by atoms with van der Waals surface area (Å²) in [5, 5.41) is 12.1. The van der Waals surface area contributed by atoms with Gasteiger partial charge in [0.2, 0.25) is 0 Å². The molecule has 0 spiro atoms. The first-order chi connectivity index (χ1) is 10.2. The van der Waals surface area contributed by atoms with Gasteiger partial charge in [0, 0.05) is 31.0 Å². The van der Waals surface area contributed by atoms with E-state index in [0.29, 0.717) is 0 Å². The lowest BCUT2D eigenvalue weighted by atomic mass is 10.2. The highest BCUT2D eigenvalue weighted by Gasteiger charge is 2.12. The van der Waals surface area contributed by atoms with Crippen LogP contribution in [0, 0.1) is 0 Å². The molecule has 1 aromatic carbocycles. The molecule has 0 aliphatic carbocycles. The summed E-state index contributed by atoms with van der Waals surface area (Å²) < 4.78 is 2.16. The van der Waals surface area contributed by atoms with E-state index in [9.17, 15) is 4.79 Å². The molecule has 21 heavy (non-hydrogen) atoms. The van der Waals surface area contributed by atoms with Gasteiger partial charge in [-0.05, 0) is 18.2 Å². The van der Waals surface area contributed by atoms with Gasteiger partial charge in [-0.3, -0.25) is 0 Å². The van der Waals surface area contributed by atoms with Crippen molar-refractivity contribution in [3.63, 3.8) is 0 Å². The minimum absolute atomic E-state index is 0.273. The van der Waals surface area contributed by atoms with Crippen molar-refractivity contribution in [1.82, 2.24) is 14.5 Å². The number of aromatic carboxylic acids is 1. The smallest absolute Gasteiger partial charge is 0.335 e. The van der Waals surface area contributed by atoms with Crippen LogP contribution in [0.3, 0.4) is 0 Å². The highest BCUT2D eigenvalue weighted by atomic mass is 32.1. The third-order valence-electron chi connectivity index (χ3n) is 3.42.